The summed E-state index contributed by atoms with van der Waals surface area (Å²) in [4.78, 5) is 35.5. The Hall–Kier alpha value is -2.18. The van der Waals surface area contributed by atoms with Gasteiger partial charge >= 0.3 is 6.09 Å². The van der Waals surface area contributed by atoms with Crippen molar-refractivity contribution in [1.29, 1.82) is 0 Å². The van der Waals surface area contributed by atoms with Crippen molar-refractivity contribution in [1.82, 2.24) is 15.3 Å². The van der Waals surface area contributed by atoms with Gasteiger partial charge in [0.05, 0.1) is 5.41 Å². The van der Waals surface area contributed by atoms with Crippen molar-refractivity contribution in [3.05, 3.63) is 18.1 Å². The molecule has 7 heteroatoms. The molecule has 142 valence electrons. The molecule has 3 rings (SSSR count). The van der Waals surface area contributed by atoms with Crippen LogP contribution in [0.2, 0.25) is 0 Å². The number of hydrogen-bond acceptors (Lipinski definition) is 5. The summed E-state index contributed by atoms with van der Waals surface area (Å²) >= 11 is 0. The molecule has 26 heavy (non-hydrogen) atoms. The Morgan fingerprint density at radius 2 is 2.15 bits per heavy atom. The highest BCUT2D eigenvalue weighted by atomic mass is 16.6. The van der Waals surface area contributed by atoms with Crippen LogP contribution >= 0.6 is 0 Å². The maximum atomic E-state index is 13.2. The predicted octanol–water partition coefficient (Wildman–Crippen LogP) is 2.98. The molecule has 0 aromatic carbocycles. The van der Waals surface area contributed by atoms with E-state index in [1.165, 1.54) is 0 Å². The summed E-state index contributed by atoms with van der Waals surface area (Å²) in [6, 6.07) is 1.75. The van der Waals surface area contributed by atoms with Gasteiger partial charge in [-0.15, -0.1) is 0 Å². The van der Waals surface area contributed by atoms with E-state index in [2.05, 4.69) is 15.3 Å². The van der Waals surface area contributed by atoms with Gasteiger partial charge in [-0.05, 0) is 59.4 Å². The highest BCUT2D eigenvalue weighted by molar-refractivity contribution is 5.99. The molecule has 2 amide bonds. The van der Waals surface area contributed by atoms with E-state index < -0.39 is 17.1 Å². The number of rotatable bonds is 2. The van der Waals surface area contributed by atoms with Crippen LogP contribution < -0.4 is 10.2 Å². The van der Waals surface area contributed by atoms with Crippen molar-refractivity contribution >= 4 is 17.8 Å². The molecule has 1 saturated carbocycles. The molecule has 1 aliphatic heterocycles. The number of carbonyl (C=O) groups excluding carboxylic acids is 2. The van der Waals surface area contributed by atoms with Gasteiger partial charge < -0.3 is 10.1 Å². The van der Waals surface area contributed by atoms with Crippen LogP contribution in [0.1, 0.15) is 58.7 Å². The maximum Gasteiger partial charge on any atom is 0.407 e. The zero-order valence-corrected chi connectivity index (χ0v) is 16.0. The summed E-state index contributed by atoms with van der Waals surface area (Å²) in [6.07, 6.45) is 5.38. The smallest absolute Gasteiger partial charge is 0.407 e. The number of amides is 2. The molecule has 2 heterocycles. The average molecular weight is 360 g/mol. The topological polar surface area (TPSA) is 84.4 Å². The van der Waals surface area contributed by atoms with Crippen molar-refractivity contribution in [3.8, 4) is 0 Å². The predicted molar refractivity (Wildman–Crippen MR) is 97.8 cm³/mol. The third-order valence-corrected chi connectivity index (χ3v) is 5.12. The van der Waals surface area contributed by atoms with Crippen LogP contribution in [0.4, 0.5) is 10.6 Å². The van der Waals surface area contributed by atoms with Crippen LogP contribution in [-0.4, -0.2) is 40.2 Å². The highest BCUT2D eigenvalue weighted by Gasteiger charge is 2.50. The van der Waals surface area contributed by atoms with E-state index >= 15 is 0 Å². The van der Waals surface area contributed by atoms with Gasteiger partial charge in [0.1, 0.15) is 17.2 Å². The Morgan fingerprint density at radius 3 is 2.85 bits per heavy atom. The van der Waals surface area contributed by atoms with Gasteiger partial charge in [0.2, 0.25) is 5.91 Å². The molecule has 2 atom stereocenters. The zero-order chi connectivity index (χ0) is 18.9. The molecule has 1 aromatic heterocycles. The Bertz CT molecular complexity index is 700. The first-order chi connectivity index (χ1) is 12.2. The zero-order valence-electron chi connectivity index (χ0n) is 16.0. The average Bonchev–Trinajstić information content (AvgIpc) is 2.82. The number of anilines is 1. The molecule has 2 aliphatic rings. The van der Waals surface area contributed by atoms with Gasteiger partial charge in [0.15, 0.2) is 0 Å². The van der Waals surface area contributed by atoms with Crippen molar-refractivity contribution in [2.45, 2.75) is 71.4 Å². The number of alkyl carbamates (subject to hydrolysis) is 1. The molecule has 0 radical (unpaired) electrons. The van der Waals surface area contributed by atoms with Crippen LogP contribution in [-0.2, 0) is 9.53 Å². The number of aryl methyl sites for hydroxylation is 1. The SMILES string of the molecule is Cc1nccc(N2CC[C@]3(CCC[C@H](NC(=O)OC(C)(C)C)C3)C2=O)n1. The van der Waals surface area contributed by atoms with Gasteiger partial charge in [0.25, 0.3) is 0 Å². The lowest BCUT2D eigenvalue weighted by molar-refractivity contribution is -0.127. The Kier molecular flexibility index (Phi) is 4.90. The third-order valence-electron chi connectivity index (χ3n) is 5.12. The van der Waals surface area contributed by atoms with E-state index in [9.17, 15) is 9.59 Å². The quantitative estimate of drug-likeness (QED) is 0.876. The standard InChI is InChI=1S/C19H28N4O3/c1-13-20-10-7-15(21-13)23-11-9-19(16(23)24)8-5-6-14(12-19)22-17(25)26-18(2,3)4/h7,10,14H,5-6,8-9,11-12H2,1-4H3,(H,22,25)/t14-,19-/m0/s1. The van der Waals surface area contributed by atoms with E-state index in [0.29, 0.717) is 24.6 Å². The van der Waals surface area contributed by atoms with E-state index in [0.717, 1.165) is 25.7 Å². The van der Waals surface area contributed by atoms with Crippen LogP contribution in [0.15, 0.2) is 12.3 Å². The molecule has 1 saturated heterocycles. The van der Waals surface area contributed by atoms with Crippen molar-refractivity contribution in [3.63, 3.8) is 0 Å². The molecular weight excluding hydrogens is 332 g/mol. The summed E-state index contributed by atoms with van der Waals surface area (Å²) in [6.45, 7) is 8.01. The Labute approximate surface area is 154 Å². The minimum Gasteiger partial charge on any atom is -0.444 e. The lowest BCUT2D eigenvalue weighted by atomic mass is 9.71. The van der Waals surface area contributed by atoms with Gasteiger partial charge in [-0.2, -0.15) is 0 Å². The van der Waals surface area contributed by atoms with Crippen LogP contribution in [0.25, 0.3) is 0 Å². The second-order valence-corrected chi connectivity index (χ2v) is 8.39. The monoisotopic (exact) mass is 360 g/mol. The normalized spacial score (nSPS) is 26.2. The molecule has 7 nitrogen and oxygen atoms in total. The molecular formula is C19H28N4O3. The second-order valence-electron chi connectivity index (χ2n) is 8.39. The number of carbonyl (C=O) groups is 2. The summed E-state index contributed by atoms with van der Waals surface area (Å²) in [5.41, 5.74) is -0.932. The number of aromatic nitrogens is 2. The highest BCUT2D eigenvalue weighted by Crippen LogP contribution is 2.45. The summed E-state index contributed by atoms with van der Waals surface area (Å²) in [5, 5.41) is 2.95. The largest absolute Gasteiger partial charge is 0.444 e. The molecule has 1 spiro atoms. The Morgan fingerprint density at radius 1 is 1.38 bits per heavy atom. The maximum absolute atomic E-state index is 13.2. The Balaban J connectivity index is 1.68. The third kappa shape index (κ3) is 3.97. The van der Waals surface area contributed by atoms with Crippen molar-refractivity contribution < 1.29 is 14.3 Å². The van der Waals surface area contributed by atoms with E-state index in [1.54, 1.807) is 17.2 Å². The molecule has 2 fully saturated rings. The molecule has 0 bridgehead atoms. The lowest BCUT2D eigenvalue weighted by Gasteiger charge is -2.37. The lowest BCUT2D eigenvalue weighted by Crippen LogP contribution is -2.47. The fourth-order valence-corrected chi connectivity index (χ4v) is 4.01. The summed E-state index contributed by atoms with van der Waals surface area (Å²) in [7, 11) is 0. The summed E-state index contributed by atoms with van der Waals surface area (Å²) in [5.74, 6) is 1.44. The minimum absolute atomic E-state index is 0.0327. The second kappa shape index (κ2) is 6.85. The molecule has 1 aromatic rings. The number of hydrogen-bond donors (Lipinski definition) is 1. The molecule has 1 aliphatic carbocycles. The molecule has 0 unspecified atom stereocenters. The van der Waals surface area contributed by atoms with Gasteiger partial charge in [-0.1, -0.05) is 6.42 Å². The van der Waals surface area contributed by atoms with Gasteiger partial charge in [-0.25, -0.2) is 14.8 Å². The number of nitrogens with zero attached hydrogens (tertiary/aromatic N) is 3. The van der Waals surface area contributed by atoms with Crippen molar-refractivity contribution in [2.75, 3.05) is 11.4 Å². The molecule has 1 N–H and O–H groups in total. The number of nitrogens with one attached hydrogen (secondary N) is 1. The van der Waals surface area contributed by atoms with E-state index in [1.807, 2.05) is 27.7 Å². The van der Waals surface area contributed by atoms with Crippen LogP contribution in [0.3, 0.4) is 0 Å². The number of ether oxygens (including phenoxy) is 1. The summed E-state index contributed by atoms with van der Waals surface area (Å²) < 4.78 is 5.36. The van der Waals surface area contributed by atoms with Gasteiger partial charge in [-0.3, -0.25) is 9.69 Å². The first-order valence-electron chi connectivity index (χ1n) is 9.30. The van der Waals surface area contributed by atoms with E-state index in [4.69, 9.17) is 4.74 Å². The fourth-order valence-electron chi connectivity index (χ4n) is 4.01. The van der Waals surface area contributed by atoms with Gasteiger partial charge in [0, 0.05) is 18.8 Å². The fraction of sp³-hybridized carbons (Fsp3) is 0.684. The van der Waals surface area contributed by atoms with Crippen LogP contribution in [0, 0.1) is 12.3 Å². The first-order valence-corrected chi connectivity index (χ1v) is 9.30. The van der Waals surface area contributed by atoms with Crippen molar-refractivity contribution in [2.24, 2.45) is 5.41 Å². The minimum atomic E-state index is -0.526. The van der Waals surface area contributed by atoms with E-state index in [-0.39, 0.29) is 11.9 Å². The first kappa shape index (κ1) is 18.6. The van der Waals surface area contributed by atoms with Crippen LogP contribution in [0.5, 0.6) is 0 Å².